The molecule has 0 spiro atoms. The van der Waals surface area contributed by atoms with Gasteiger partial charge in [-0.25, -0.2) is 0 Å². The first-order valence-corrected chi connectivity index (χ1v) is 6.71. The summed E-state index contributed by atoms with van der Waals surface area (Å²) in [5, 5.41) is 14.3. The van der Waals surface area contributed by atoms with Gasteiger partial charge in [0, 0.05) is 29.8 Å². The molecule has 2 aromatic rings. The van der Waals surface area contributed by atoms with E-state index in [0.29, 0.717) is 12.0 Å². The number of non-ortho nitro benzene ring substituents is 1. The fourth-order valence-electron chi connectivity index (χ4n) is 2.59. The Morgan fingerprint density at radius 1 is 1.20 bits per heavy atom. The number of hydrogen-bond donors (Lipinski definition) is 1. The molecule has 0 saturated heterocycles. The van der Waals surface area contributed by atoms with Gasteiger partial charge in [0.05, 0.1) is 4.92 Å². The molecule has 0 amide bonds. The lowest BCUT2D eigenvalue weighted by molar-refractivity contribution is -0.384. The van der Waals surface area contributed by atoms with Crippen molar-refractivity contribution in [3.63, 3.8) is 0 Å². The number of nitro groups is 1. The van der Waals surface area contributed by atoms with Gasteiger partial charge in [-0.15, -0.1) is 0 Å². The Morgan fingerprint density at radius 2 is 1.95 bits per heavy atom. The van der Waals surface area contributed by atoms with Crippen LogP contribution in [-0.4, -0.2) is 11.0 Å². The minimum atomic E-state index is -0.347. The summed E-state index contributed by atoms with van der Waals surface area (Å²) in [5.41, 5.74) is 3.20. The Labute approximate surface area is 117 Å². The Hall–Kier alpha value is -2.36. The standard InChI is InChI=1S/C16H16N2O2/c1-11-7-13(9-14(8-11)18(19)20)17-16-10-15(16)12-5-3-2-4-6-12/h2-9,15-17H,10H2,1H3. The molecule has 0 aromatic heterocycles. The smallest absolute Gasteiger partial charge is 0.271 e. The van der Waals surface area contributed by atoms with Gasteiger partial charge in [-0.1, -0.05) is 30.3 Å². The molecule has 2 atom stereocenters. The van der Waals surface area contributed by atoms with Crippen LogP contribution in [0.1, 0.15) is 23.5 Å². The van der Waals surface area contributed by atoms with Crippen molar-refractivity contribution in [1.82, 2.24) is 0 Å². The van der Waals surface area contributed by atoms with Gasteiger partial charge in [0.25, 0.3) is 5.69 Å². The highest BCUT2D eigenvalue weighted by Gasteiger charge is 2.38. The number of nitrogens with zero attached hydrogens (tertiary/aromatic N) is 1. The quantitative estimate of drug-likeness (QED) is 0.676. The number of aryl methyl sites for hydroxylation is 1. The van der Waals surface area contributed by atoms with Crippen molar-refractivity contribution >= 4 is 11.4 Å². The topological polar surface area (TPSA) is 55.2 Å². The molecule has 102 valence electrons. The summed E-state index contributed by atoms with van der Waals surface area (Å²) in [6.07, 6.45) is 1.08. The SMILES string of the molecule is Cc1cc(NC2CC2c2ccccc2)cc([N+](=O)[O-])c1. The molecule has 2 unspecified atom stereocenters. The van der Waals surface area contributed by atoms with Gasteiger partial charge in [0.2, 0.25) is 0 Å². The second-order valence-electron chi connectivity index (χ2n) is 5.32. The summed E-state index contributed by atoms with van der Waals surface area (Å²) in [6.45, 7) is 1.87. The van der Waals surface area contributed by atoms with Gasteiger partial charge in [0.1, 0.15) is 0 Å². The highest BCUT2D eigenvalue weighted by Crippen LogP contribution is 2.43. The van der Waals surface area contributed by atoms with Crippen LogP contribution in [0.3, 0.4) is 0 Å². The maximum atomic E-state index is 10.9. The van der Waals surface area contributed by atoms with Crippen molar-refractivity contribution in [1.29, 1.82) is 0 Å². The van der Waals surface area contributed by atoms with Gasteiger partial charge >= 0.3 is 0 Å². The molecule has 2 aromatic carbocycles. The number of hydrogen-bond acceptors (Lipinski definition) is 3. The minimum absolute atomic E-state index is 0.143. The monoisotopic (exact) mass is 268 g/mol. The molecule has 4 heteroatoms. The molecular formula is C16H16N2O2. The van der Waals surface area contributed by atoms with Crippen molar-refractivity contribution in [2.75, 3.05) is 5.32 Å². The van der Waals surface area contributed by atoms with Gasteiger partial charge in [-0.2, -0.15) is 0 Å². The van der Waals surface area contributed by atoms with Gasteiger partial charge < -0.3 is 5.32 Å². The van der Waals surface area contributed by atoms with Crippen LogP contribution in [0.15, 0.2) is 48.5 Å². The molecule has 0 radical (unpaired) electrons. The highest BCUT2D eigenvalue weighted by atomic mass is 16.6. The first kappa shape index (κ1) is 12.7. The molecule has 1 aliphatic rings. The van der Waals surface area contributed by atoms with E-state index in [2.05, 4.69) is 17.4 Å². The van der Waals surface area contributed by atoms with E-state index in [1.165, 1.54) is 5.56 Å². The van der Waals surface area contributed by atoms with Crippen LogP contribution in [-0.2, 0) is 0 Å². The maximum Gasteiger partial charge on any atom is 0.271 e. The van der Waals surface area contributed by atoms with E-state index in [1.54, 1.807) is 12.1 Å². The Kier molecular flexibility index (Phi) is 3.14. The van der Waals surface area contributed by atoms with E-state index in [-0.39, 0.29) is 10.6 Å². The molecule has 1 aliphatic carbocycles. The van der Waals surface area contributed by atoms with E-state index in [1.807, 2.05) is 31.2 Å². The lowest BCUT2D eigenvalue weighted by Crippen LogP contribution is -2.04. The molecule has 0 bridgehead atoms. The van der Waals surface area contributed by atoms with Crippen molar-refractivity contribution in [3.8, 4) is 0 Å². The Bertz CT molecular complexity index is 640. The first-order chi connectivity index (χ1) is 9.63. The molecule has 4 nitrogen and oxygen atoms in total. The summed E-state index contributed by atoms with van der Waals surface area (Å²) in [5.74, 6) is 0.510. The fourth-order valence-corrected chi connectivity index (χ4v) is 2.59. The molecular weight excluding hydrogens is 252 g/mol. The second kappa shape index (κ2) is 4.96. The molecule has 3 rings (SSSR count). The van der Waals surface area contributed by atoms with E-state index >= 15 is 0 Å². The van der Waals surface area contributed by atoms with Gasteiger partial charge in [-0.3, -0.25) is 10.1 Å². The average molecular weight is 268 g/mol. The summed E-state index contributed by atoms with van der Waals surface area (Å²) in [7, 11) is 0. The minimum Gasteiger partial charge on any atom is -0.381 e. The van der Waals surface area contributed by atoms with Crippen molar-refractivity contribution < 1.29 is 4.92 Å². The Morgan fingerprint density at radius 3 is 2.65 bits per heavy atom. The molecule has 20 heavy (non-hydrogen) atoms. The van der Waals surface area contributed by atoms with Gasteiger partial charge in [-0.05, 0) is 30.5 Å². The molecule has 1 N–H and O–H groups in total. The predicted octanol–water partition coefficient (Wildman–Crippen LogP) is 3.87. The van der Waals surface area contributed by atoms with Crippen LogP contribution < -0.4 is 5.32 Å². The van der Waals surface area contributed by atoms with Crippen LogP contribution in [0, 0.1) is 17.0 Å². The average Bonchev–Trinajstić information content (AvgIpc) is 3.18. The highest BCUT2D eigenvalue weighted by molar-refractivity contribution is 5.55. The lowest BCUT2D eigenvalue weighted by Gasteiger charge is -2.07. The fraction of sp³-hybridized carbons (Fsp3) is 0.250. The van der Waals surface area contributed by atoms with Crippen LogP contribution in [0.2, 0.25) is 0 Å². The predicted molar refractivity (Wildman–Crippen MR) is 79.0 cm³/mol. The molecule has 0 heterocycles. The number of nitrogens with one attached hydrogen (secondary N) is 1. The number of benzene rings is 2. The number of nitro benzene ring substituents is 1. The van der Waals surface area contributed by atoms with Gasteiger partial charge in [0.15, 0.2) is 0 Å². The maximum absolute atomic E-state index is 10.9. The second-order valence-corrected chi connectivity index (χ2v) is 5.32. The van der Waals surface area contributed by atoms with Crippen molar-refractivity contribution in [2.24, 2.45) is 0 Å². The molecule has 1 fully saturated rings. The summed E-state index contributed by atoms with van der Waals surface area (Å²) in [6, 6.07) is 15.9. The normalized spacial score (nSPS) is 20.4. The van der Waals surface area contributed by atoms with E-state index < -0.39 is 0 Å². The zero-order chi connectivity index (χ0) is 14.1. The third-order valence-corrected chi connectivity index (χ3v) is 3.64. The third-order valence-electron chi connectivity index (χ3n) is 3.64. The van der Waals surface area contributed by atoms with Crippen molar-refractivity contribution in [2.45, 2.75) is 25.3 Å². The number of rotatable bonds is 4. The Balaban J connectivity index is 1.72. The zero-order valence-corrected chi connectivity index (χ0v) is 11.2. The largest absolute Gasteiger partial charge is 0.381 e. The summed E-state index contributed by atoms with van der Waals surface area (Å²) >= 11 is 0. The van der Waals surface area contributed by atoms with E-state index in [9.17, 15) is 10.1 Å². The van der Waals surface area contributed by atoms with Crippen molar-refractivity contribution in [3.05, 3.63) is 69.8 Å². The van der Waals surface area contributed by atoms with E-state index in [4.69, 9.17) is 0 Å². The molecule has 1 saturated carbocycles. The summed E-state index contributed by atoms with van der Waals surface area (Å²) < 4.78 is 0. The first-order valence-electron chi connectivity index (χ1n) is 6.71. The number of anilines is 1. The molecule has 0 aliphatic heterocycles. The summed E-state index contributed by atoms with van der Waals surface area (Å²) in [4.78, 5) is 10.5. The van der Waals surface area contributed by atoms with E-state index in [0.717, 1.165) is 17.7 Å². The lowest BCUT2D eigenvalue weighted by atomic mass is 10.1. The zero-order valence-electron chi connectivity index (χ0n) is 11.2. The van der Waals surface area contributed by atoms with Crippen LogP contribution >= 0.6 is 0 Å². The van der Waals surface area contributed by atoms with Crippen LogP contribution in [0.25, 0.3) is 0 Å². The third kappa shape index (κ3) is 2.64. The van der Waals surface area contributed by atoms with Crippen LogP contribution in [0.5, 0.6) is 0 Å². The van der Waals surface area contributed by atoms with Crippen LogP contribution in [0.4, 0.5) is 11.4 Å².